The summed E-state index contributed by atoms with van der Waals surface area (Å²) in [6, 6.07) is 1.42. The molecule has 3 atom stereocenters. The smallest absolute Gasteiger partial charge is 0.0621 e. The Morgan fingerprint density at radius 3 is 2.88 bits per heavy atom. The van der Waals surface area contributed by atoms with Crippen LogP contribution in [0.1, 0.15) is 33.1 Å². The molecule has 94 valence electrons. The van der Waals surface area contributed by atoms with E-state index in [1.807, 2.05) is 0 Å². The predicted molar refractivity (Wildman–Crippen MR) is 66.7 cm³/mol. The number of piperidine rings is 1. The van der Waals surface area contributed by atoms with Gasteiger partial charge in [0.2, 0.25) is 0 Å². The van der Waals surface area contributed by atoms with E-state index in [4.69, 9.17) is 4.74 Å². The minimum Gasteiger partial charge on any atom is -0.380 e. The maximum Gasteiger partial charge on any atom is 0.0621 e. The van der Waals surface area contributed by atoms with E-state index >= 15 is 0 Å². The topological polar surface area (TPSA) is 24.5 Å². The van der Waals surface area contributed by atoms with Gasteiger partial charge in [-0.05, 0) is 31.7 Å². The fourth-order valence-electron chi connectivity index (χ4n) is 3.09. The molecule has 2 rings (SSSR count). The Morgan fingerprint density at radius 2 is 2.25 bits per heavy atom. The summed E-state index contributed by atoms with van der Waals surface area (Å²) in [7, 11) is 0. The molecular formula is C13H26N2O. The average Bonchev–Trinajstić information content (AvgIpc) is 2.33. The van der Waals surface area contributed by atoms with E-state index in [9.17, 15) is 0 Å². The molecule has 3 nitrogen and oxygen atoms in total. The van der Waals surface area contributed by atoms with E-state index < -0.39 is 0 Å². The fraction of sp³-hybridized carbons (Fsp3) is 1.00. The van der Waals surface area contributed by atoms with Crippen molar-refractivity contribution in [2.75, 3.05) is 32.8 Å². The van der Waals surface area contributed by atoms with Gasteiger partial charge in [-0.1, -0.05) is 13.8 Å². The normalized spacial score (nSPS) is 37.5. The predicted octanol–water partition coefficient (Wildman–Crippen LogP) is 1.49. The molecule has 3 heteroatoms. The largest absolute Gasteiger partial charge is 0.380 e. The highest BCUT2D eigenvalue weighted by atomic mass is 16.5. The van der Waals surface area contributed by atoms with Crippen LogP contribution < -0.4 is 5.32 Å². The minimum absolute atomic E-state index is 0.693. The fourth-order valence-corrected chi connectivity index (χ4v) is 3.09. The van der Waals surface area contributed by atoms with E-state index in [2.05, 4.69) is 24.1 Å². The zero-order valence-corrected chi connectivity index (χ0v) is 10.7. The molecule has 2 aliphatic heterocycles. The third-order valence-electron chi connectivity index (χ3n) is 4.06. The van der Waals surface area contributed by atoms with Crippen molar-refractivity contribution in [3.8, 4) is 0 Å². The molecule has 3 unspecified atom stereocenters. The second kappa shape index (κ2) is 5.99. The molecule has 0 amide bonds. The SMILES string of the molecule is CCNC1CCN(C2CCCOC2)CC1C. The molecule has 0 radical (unpaired) electrons. The first-order valence-electron chi connectivity index (χ1n) is 6.86. The van der Waals surface area contributed by atoms with Crippen molar-refractivity contribution in [1.29, 1.82) is 0 Å². The summed E-state index contributed by atoms with van der Waals surface area (Å²) < 4.78 is 5.59. The van der Waals surface area contributed by atoms with Crippen molar-refractivity contribution < 1.29 is 4.74 Å². The molecule has 0 aromatic carbocycles. The van der Waals surface area contributed by atoms with Crippen LogP contribution in [0.15, 0.2) is 0 Å². The molecule has 0 spiro atoms. The van der Waals surface area contributed by atoms with Gasteiger partial charge in [-0.25, -0.2) is 0 Å². The number of nitrogens with one attached hydrogen (secondary N) is 1. The van der Waals surface area contributed by atoms with Crippen molar-refractivity contribution in [2.24, 2.45) is 5.92 Å². The summed E-state index contributed by atoms with van der Waals surface area (Å²) in [6.07, 6.45) is 3.87. The van der Waals surface area contributed by atoms with Crippen LogP contribution in [-0.4, -0.2) is 49.8 Å². The molecule has 16 heavy (non-hydrogen) atoms. The van der Waals surface area contributed by atoms with Gasteiger partial charge in [-0.2, -0.15) is 0 Å². The van der Waals surface area contributed by atoms with Gasteiger partial charge in [0.1, 0.15) is 0 Å². The van der Waals surface area contributed by atoms with E-state index in [1.165, 1.54) is 32.4 Å². The Bertz CT molecular complexity index is 204. The molecule has 0 aromatic heterocycles. The lowest BCUT2D eigenvalue weighted by atomic mass is 9.92. The van der Waals surface area contributed by atoms with Gasteiger partial charge in [-0.15, -0.1) is 0 Å². The monoisotopic (exact) mass is 226 g/mol. The Kier molecular flexibility index (Phi) is 4.62. The van der Waals surface area contributed by atoms with E-state index in [0.717, 1.165) is 31.7 Å². The van der Waals surface area contributed by atoms with Crippen molar-refractivity contribution >= 4 is 0 Å². The summed E-state index contributed by atoms with van der Waals surface area (Å²) in [5, 5.41) is 3.60. The standard InChI is InChI=1S/C13H26N2O/c1-3-14-13-6-7-15(9-11(13)2)12-5-4-8-16-10-12/h11-14H,3-10H2,1-2H3. The Morgan fingerprint density at radius 1 is 1.38 bits per heavy atom. The van der Waals surface area contributed by atoms with E-state index in [1.54, 1.807) is 0 Å². The minimum atomic E-state index is 0.693. The molecule has 2 fully saturated rings. The number of hydrogen-bond donors (Lipinski definition) is 1. The Hall–Kier alpha value is -0.120. The first kappa shape index (κ1) is 12.3. The molecule has 0 aromatic rings. The van der Waals surface area contributed by atoms with Gasteiger partial charge in [0.15, 0.2) is 0 Å². The Labute approximate surface area is 99.5 Å². The van der Waals surface area contributed by atoms with Crippen molar-refractivity contribution in [2.45, 2.75) is 45.2 Å². The number of nitrogens with zero attached hydrogens (tertiary/aromatic N) is 1. The van der Waals surface area contributed by atoms with Gasteiger partial charge < -0.3 is 10.1 Å². The van der Waals surface area contributed by atoms with Crippen molar-refractivity contribution in [3.63, 3.8) is 0 Å². The van der Waals surface area contributed by atoms with Gasteiger partial charge in [0.25, 0.3) is 0 Å². The number of rotatable bonds is 3. The molecule has 0 saturated carbocycles. The maximum absolute atomic E-state index is 5.59. The molecule has 2 heterocycles. The number of likely N-dealkylation sites (tertiary alicyclic amines) is 1. The molecule has 2 saturated heterocycles. The van der Waals surface area contributed by atoms with Crippen LogP contribution >= 0.6 is 0 Å². The first-order chi connectivity index (χ1) is 7.81. The van der Waals surface area contributed by atoms with E-state index in [0.29, 0.717) is 6.04 Å². The highest BCUT2D eigenvalue weighted by molar-refractivity contribution is 4.86. The third kappa shape index (κ3) is 2.96. The molecule has 0 aliphatic carbocycles. The summed E-state index contributed by atoms with van der Waals surface area (Å²) in [6.45, 7) is 10.1. The summed E-state index contributed by atoms with van der Waals surface area (Å²) in [5.41, 5.74) is 0. The first-order valence-corrected chi connectivity index (χ1v) is 6.86. The summed E-state index contributed by atoms with van der Waals surface area (Å²) in [4.78, 5) is 2.65. The zero-order valence-electron chi connectivity index (χ0n) is 10.7. The van der Waals surface area contributed by atoms with Crippen LogP contribution in [0.2, 0.25) is 0 Å². The number of ether oxygens (including phenoxy) is 1. The van der Waals surface area contributed by atoms with Crippen LogP contribution in [0.25, 0.3) is 0 Å². The molecule has 2 aliphatic rings. The average molecular weight is 226 g/mol. The van der Waals surface area contributed by atoms with Crippen LogP contribution in [0, 0.1) is 5.92 Å². The summed E-state index contributed by atoms with van der Waals surface area (Å²) >= 11 is 0. The summed E-state index contributed by atoms with van der Waals surface area (Å²) in [5.74, 6) is 0.774. The number of hydrogen-bond acceptors (Lipinski definition) is 3. The van der Waals surface area contributed by atoms with Crippen LogP contribution in [0.5, 0.6) is 0 Å². The quantitative estimate of drug-likeness (QED) is 0.789. The van der Waals surface area contributed by atoms with Gasteiger partial charge in [-0.3, -0.25) is 4.90 Å². The van der Waals surface area contributed by atoms with Crippen LogP contribution in [0.3, 0.4) is 0 Å². The lowest BCUT2D eigenvalue weighted by Crippen LogP contribution is -2.53. The van der Waals surface area contributed by atoms with Gasteiger partial charge in [0, 0.05) is 31.8 Å². The lowest BCUT2D eigenvalue weighted by molar-refractivity contribution is -0.00213. The molecular weight excluding hydrogens is 200 g/mol. The third-order valence-corrected chi connectivity index (χ3v) is 4.06. The lowest BCUT2D eigenvalue weighted by Gasteiger charge is -2.42. The maximum atomic E-state index is 5.59. The second-order valence-corrected chi connectivity index (χ2v) is 5.30. The zero-order chi connectivity index (χ0) is 11.4. The molecule has 1 N–H and O–H groups in total. The highest BCUT2D eigenvalue weighted by Crippen LogP contribution is 2.22. The molecule has 0 bridgehead atoms. The van der Waals surface area contributed by atoms with Crippen LogP contribution in [0.4, 0.5) is 0 Å². The highest BCUT2D eigenvalue weighted by Gasteiger charge is 2.30. The Balaban J connectivity index is 1.81. The van der Waals surface area contributed by atoms with Crippen molar-refractivity contribution in [1.82, 2.24) is 10.2 Å². The van der Waals surface area contributed by atoms with Crippen LogP contribution in [-0.2, 0) is 4.74 Å². The van der Waals surface area contributed by atoms with Gasteiger partial charge >= 0.3 is 0 Å². The van der Waals surface area contributed by atoms with Crippen molar-refractivity contribution in [3.05, 3.63) is 0 Å². The van der Waals surface area contributed by atoms with E-state index in [-0.39, 0.29) is 0 Å². The second-order valence-electron chi connectivity index (χ2n) is 5.30. The van der Waals surface area contributed by atoms with Gasteiger partial charge in [0.05, 0.1) is 6.61 Å².